The molecule has 0 atom stereocenters. The highest BCUT2D eigenvalue weighted by Gasteiger charge is 2.16. The second kappa shape index (κ2) is 5.57. The summed E-state index contributed by atoms with van der Waals surface area (Å²) in [7, 11) is 0.632. The lowest BCUT2D eigenvalue weighted by Crippen LogP contribution is -2.00. The minimum atomic E-state index is -4.29. The molecule has 0 N–H and O–H groups in total. The van der Waals surface area contributed by atoms with Gasteiger partial charge >= 0.3 is 9.33 Å². The molecule has 0 heterocycles. The summed E-state index contributed by atoms with van der Waals surface area (Å²) in [6, 6.07) is 2.45. The van der Waals surface area contributed by atoms with Gasteiger partial charge in [-0.15, -0.1) is 0 Å². The van der Waals surface area contributed by atoms with Gasteiger partial charge in [0.1, 0.15) is 5.69 Å². The van der Waals surface area contributed by atoms with E-state index in [1.165, 1.54) is 25.1 Å². The Bertz CT molecular complexity index is 672. The molecule has 0 unspecified atom stereocenters. The van der Waals surface area contributed by atoms with Crippen LogP contribution in [0.3, 0.4) is 0 Å². The number of aliphatic imine (C=N–C) groups is 2. The number of nitrogens with zero attached hydrogens (tertiary/aromatic N) is 2. The summed E-state index contributed by atoms with van der Waals surface area (Å²) >= 11 is 0. The number of hydrogen-bond acceptors (Lipinski definition) is 7. The Labute approximate surface area is 106 Å². The summed E-state index contributed by atoms with van der Waals surface area (Å²) in [5.41, 5.74) is 0.281. The molecule has 18 heavy (non-hydrogen) atoms. The molecule has 1 aromatic carbocycles. The van der Waals surface area contributed by atoms with E-state index in [0.29, 0.717) is 0 Å². The lowest BCUT2D eigenvalue weighted by molar-refractivity contribution is 0.503. The average Bonchev–Trinajstić information content (AvgIpc) is 2.26. The van der Waals surface area contributed by atoms with Crippen LogP contribution in [0.5, 0.6) is 5.75 Å². The van der Waals surface area contributed by atoms with Gasteiger partial charge in [-0.2, -0.15) is 18.4 Å². The van der Waals surface area contributed by atoms with E-state index in [1.54, 1.807) is 0 Å². The number of rotatable bonds is 4. The van der Waals surface area contributed by atoms with Crippen LogP contribution in [0, 0.1) is 6.92 Å². The van der Waals surface area contributed by atoms with Crippen molar-refractivity contribution in [1.29, 1.82) is 0 Å². The van der Waals surface area contributed by atoms with E-state index in [2.05, 4.69) is 14.2 Å². The first kappa shape index (κ1) is 14.1. The smallest absolute Gasteiger partial charge is 0.369 e. The first-order valence-corrected chi connectivity index (χ1v) is 6.56. The number of carbonyl (C=O) groups excluding carboxylic acids is 2. The van der Waals surface area contributed by atoms with Crippen molar-refractivity contribution in [3.63, 3.8) is 0 Å². The van der Waals surface area contributed by atoms with Crippen LogP contribution in [0.15, 0.2) is 22.1 Å². The summed E-state index contributed by atoms with van der Waals surface area (Å²) < 4.78 is 26.0. The van der Waals surface area contributed by atoms with Crippen LogP contribution >= 0.6 is 10.7 Å². The van der Waals surface area contributed by atoms with E-state index in [9.17, 15) is 18.0 Å². The van der Waals surface area contributed by atoms with E-state index < -0.39 is 9.33 Å². The predicted molar refractivity (Wildman–Crippen MR) is 62.1 cm³/mol. The van der Waals surface area contributed by atoms with Crippen molar-refractivity contribution >= 4 is 43.5 Å². The van der Waals surface area contributed by atoms with Crippen molar-refractivity contribution in [3.8, 4) is 5.75 Å². The summed E-state index contributed by atoms with van der Waals surface area (Å²) in [6.07, 6.45) is 2.55. The van der Waals surface area contributed by atoms with Gasteiger partial charge in [0.25, 0.3) is 0 Å². The number of hydrogen-bond donors (Lipinski definition) is 0. The fourth-order valence-corrected chi connectivity index (χ4v) is 1.75. The third-order valence-electron chi connectivity index (χ3n) is 1.88. The Morgan fingerprint density at radius 3 is 2.33 bits per heavy atom. The molecule has 0 saturated heterocycles. The third-order valence-corrected chi connectivity index (χ3v) is 2.45. The van der Waals surface area contributed by atoms with Crippen LogP contribution in [0.2, 0.25) is 0 Å². The fraction of sp³-hybridized carbons (Fsp3) is 0.111. The highest BCUT2D eigenvalue weighted by Crippen LogP contribution is 2.37. The molecule has 0 radical (unpaired) electrons. The molecule has 0 saturated carbocycles. The Balaban J connectivity index is 3.50. The van der Waals surface area contributed by atoms with Crippen LogP contribution in [0.25, 0.3) is 0 Å². The highest BCUT2D eigenvalue weighted by molar-refractivity contribution is 8.10. The summed E-state index contributed by atoms with van der Waals surface area (Å²) in [4.78, 5) is 27.1. The van der Waals surface area contributed by atoms with Gasteiger partial charge in [0.15, 0.2) is 5.75 Å². The van der Waals surface area contributed by atoms with Gasteiger partial charge in [0, 0.05) is 5.56 Å². The maximum atomic E-state index is 10.8. The lowest BCUT2D eigenvalue weighted by atomic mass is 10.1. The van der Waals surface area contributed by atoms with Gasteiger partial charge in [0.05, 0.1) is 16.4 Å². The second-order valence-corrected chi connectivity index (χ2v) is 5.03. The van der Waals surface area contributed by atoms with E-state index in [0.717, 1.165) is 6.07 Å². The number of benzene rings is 1. The Morgan fingerprint density at radius 2 is 1.83 bits per heavy atom. The molecule has 1 aromatic rings. The molecule has 0 aliphatic heterocycles. The van der Waals surface area contributed by atoms with E-state index in [-0.39, 0.29) is 22.7 Å². The molecule has 0 aliphatic rings. The van der Waals surface area contributed by atoms with Gasteiger partial charge in [-0.1, -0.05) is 0 Å². The van der Waals surface area contributed by atoms with Crippen LogP contribution in [0.4, 0.5) is 11.4 Å². The Morgan fingerprint density at radius 1 is 1.22 bits per heavy atom. The molecule has 0 spiro atoms. The maximum Gasteiger partial charge on any atom is 0.401 e. The monoisotopic (exact) mass is 288 g/mol. The molecule has 0 fully saturated rings. The Hall–Kier alpha value is -1.98. The molecule has 94 valence electrons. The molecule has 0 amide bonds. The zero-order valence-electron chi connectivity index (χ0n) is 8.88. The van der Waals surface area contributed by atoms with Crippen molar-refractivity contribution in [2.75, 3.05) is 0 Å². The average molecular weight is 289 g/mol. The molecule has 0 bridgehead atoms. The zero-order valence-corrected chi connectivity index (χ0v) is 10.4. The van der Waals surface area contributed by atoms with Gasteiger partial charge in [0.2, 0.25) is 12.2 Å². The van der Waals surface area contributed by atoms with Crippen LogP contribution in [-0.4, -0.2) is 20.6 Å². The summed E-state index contributed by atoms with van der Waals surface area (Å²) in [5, 5.41) is 0. The van der Waals surface area contributed by atoms with Gasteiger partial charge in [-0.05, 0) is 19.1 Å². The minimum Gasteiger partial charge on any atom is -0.369 e. The molecular formula is C9H5ClN2O5S. The van der Waals surface area contributed by atoms with Gasteiger partial charge in [-0.3, -0.25) is 0 Å². The van der Waals surface area contributed by atoms with Crippen molar-refractivity contribution in [2.45, 2.75) is 6.92 Å². The first-order valence-electron chi connectivity index (χ1n) is 4.32. The predicted octanol–water partition coefficient (Wildman–Crippen LogP) is 1.79. The number of isocyanates is 2. The van der Waals surface area contributed by atoms with E-state index in [1.807, 2.05) is 0 Å². The molecular weight excluding hydrogens is 284 g/mol. The third kappa shape index (κ3) is 3.51. The Kier molecular flexibility index (Phi) is 4.36. The molecule has 9 heteroatoms. The van der Waals surface area contributed by atoms with E-state index in [4.69, 9.17) is 10.7 Å². The topological polar surface area (TPSA) is 102 Å². The van der Waals surface area contributed by atoms with Crippen LogP contribution in [-0.2, 0) is 18.9 Å². The summed E-state index contributed by atoms with van der Waals surface area (Å²) in [6.45, 7) is 1.46. The first-order chi connectivity index (χ1) is 8.39. The largest absolute Gasteiger partial charge is 0.401 e. The SMILES string of the molecule is Cc1c(N=C=O)ccc(OS(=O)(=O)Cl)c1N=C=O. The molecule has 1 rings (SSSR count). The number of halogens is 1. The summed E-state index contributed by atoms with van der Waals surface area (Å²) in [5.74, 6) is -0.268. The van der Waals surface area contributed by atoms with Gasteiger partial charge in [-0.25, -0.2) is 9.59 Å². The van der Waals surface area contributed by atoms with Crippen molar-refractivity contribution in [2.24, 2.45) is 9.98 Å². The van der Waals surface area contributed by atoms with Gasteiger partial charge < -0.3 is 4.18 Å². The van der Waals surface area contributed by atoms with E-state index >= 15 is 0 Å². The van der Waals surface area contributed by atoms with Crippen LogP contribution in [0.1, 0.15) is 5.56 Å². The quantitative estimate of drug-likeness (QED) is 0.477. The minimum absolute atomic E-state index is 0.134. The fourth-order valence-electron chi connectivity index (χ4n) is 1.19. The molecule has 0 aromatic heterocycles. The highest BCUT2D eigenvalue weighted by atomic mass is 35.7. The second-order valence-electron chi connectivity index (χ2n) is 2.94. The zero-order chi connectivity index (χ0) is 13.8. The van der Waals surface area contributed by atoms with Crippen molar-refractivity contribution in [1.82, 2.24) is 0 Å². The maximum absolute atomic E-state index is 10.8. The van der Waals surface area contributed by atoms with Crippen molar-refractivity contribution in [3.05, 3.63) is 17.7 Å². The van der Waals surface area contributed by atoms with Crippen LogP contribution < -0.4 is 4.18 Å². The molecule has 0 aliphatic carbocycles. The van der Waals surface area contributed by atoms with Crippen molar-refractivity contribution < 1.29 is 22.2 Å². The standard InChI is InChI=1S/C9H5ClN2O5S/c1-6-7(11-4-13)2-3-8(9(6)12-5-14)17-18(10,15)16/h2-3H,1H3. The lowest BCUT2D eigenvalue weighted by Gasteiger charge is -2.07. The molecule has 7 nitrogen and oxygen atoms in total. The normalized spacial score (nSPS) is 10.1.